The molecule has 4 heteroatoms. The summed E-state index contributed by atoms with van der Waals surface area (Å²) >= 11 is 0. The van der Waals surface area contributed by atoms with Crippen molar-refractivity contribution in [3.8, 4) is 11.5 Å². The van der Waals surface area contributed by atoms with Crippen LogP contribution in [0.25, 0.3) is 0 Å². The van der Waals surface area contributed by atoms with E-state index < -0.39 is 0 Å². The Morgan fingerprint density at radius 2 is 1.62 bits per heavy atom. The normalized spacial score (nSPS) is 10.6. The highest BCUT2D eigenvalue weighted by atomic mass is 16.5. The SMILES string of the molecule is COc1cc(C(CO)CO)c(OC)cc1C. The van der Waals surface area contributed by atoms with Gasteiger partial charge in [0, 0.05) is 11.5 Å². The molecule has 2 N–H and O–H groups in total. The molecule has 0 aromatic heterocycles. The first kappa shape index (κ1) is 12.8. The van der Waals surface area contributed by atoms with E-state index in [-0.39, 0.29) is 19.1 Å². The van der Waals surface area contributed by atoms with Crippen molar-refractivity contribution in [2.75, 3.05) is 27.4 Å². The van der Waals surface area contributed by atoms with Crippen LogP contribution < -0.4 is 9.47 Å². The number of aliphatic hydroxyl groups excluding tert-OH is 2. The third kappa shape index (κ3) is 2.46. The lowest BCUT2D eigenvalue weighted by molar-refractivity contribution is 0.190. The second-order valence-electron chi connectivity index (χ2n) is 3.63. The zero-order chi connectivity index (χ0) is 12.1. The topological polar surface area (TPSA) is 58.9 Å². The summed E-state index contributed by atoms with van der Waals surface area (Å²) in [5, 5.41) is 18.4. The molecule has 0 aliphatic heterocycles. The Morgan fingerprint density at radius 3 is 2.06 bits per heavy atom. The van der Waals surface area contributed by atoms with Gasteiger partial charge in [-0.1, -0.05) is 0 Å². The van der Waals surface area contributed by atoms with E-state index in [0.29, 0.717) is 5.75 Å². The van der Waals surface area contributed by atoms with Crippen molar-refractivity contribution in [2.45, 2.75) is 12.8 Å². The zero-order valence-electron chi connectivity index (χ0n) is 9.86. The lowest BCUT2D eigenvalue weighted by Crippen LogP contribution is -2.11. The fraction of sp³-hybridized carbons (Fsp3) is 0.500. The molecule has 0 fully saturated rings. The first-order valence-corrected chi connectivity index (χ1v) is 5.12. The Morgan fingerprint density at radius 1 is 1.06 bits per heavy atom. The second kappa shape index (κ2) is 5.72. The van der Waals surface area contributed by atoms with Crippen LogP contribution in [-0.2, 0) is 0 Å². The summed E-state index contributed by atoms with van der Waals surface area (Å²) in [5.41, 5.74) is 1.72. The van der Waals surface area contributed by atoms with Crippen molar-refractivity contribution in [2.24, 2.45) is 0 Å². The van der Waals surface area contributed by atoms with E-state index in [9.17, 15) is 10.2 Å². The van der Waals surface area contributed by atoms with E-state index in [4.69, 9.17) is 9.47 Å². The van der Waals surface area contributed by atoms with Gasteiger partial charge >= 0.3 is 0 Å². The number of benzene rings is 1. The summed E-state index contributed by atoms with van der Waals surface area (Å²) in [6, 6.07) is 3.64. The van der Waals surface area contributed by atoms with Gasteiger partial charge in [-0.25, -0.2) is 0 Å². The molecule has 0 atom stereocenters. The molecule has 0 aliphatic rings. The first-order valence-electron chi connectivity index (χ1n) is 5.12. The second-order valence-corrected chi connectivity index (χ2v) is 3.63. The minimum absolute atomic E-state index is 0.126. The van der Waals surface area contributed by atoms with Crippen LogP contribution >= 0.6 is 0 Å². The Hall–Kier alpha value is -1.26. The number of rotatable bonds is 5. The zero-order valence-corrected chi connectivity index (χ0v) is 9.86. The third-order valence-corrected chi connectivity index (χ3v) is 2.63. The molecule has 0 bridgehead atoms. The molecule has 0 saturated carbocycles. The van der Waals surface area contributed by atoms with Crippen LogP contribution in [0.2, 0.25) is 0 Å². The van der Waals surface area contributed by atoms with E-state index in [1.54, 1.807) is 20.3 Å². The molecule has 0 amide bonds. The molecular formula is C12H18O4. The molecule has 0 radical (unpaired) electrons. The number of aryl methyl sites for hydroxylation is 1. The van der Waals surface area contributed by atoms with Crippen LogP contribution in [-0.4, -0.2) is 37.6 Å². The summed E-state index contributed by atoms with van der Waals surface area (Å²) < 4.78 is 10.4. The quantitative estimate of drug-likeness (QED) is 0.788. The van der Waals surface area contributed by atoms with Gasteiger partial charge in [-0.05, 0) is 24.6 Å². The summed E-state index contributed by atoms with van der Waals surface area (Å²) in [6.07, 6.45) is 0. The predicted molar refractivity (Wildman–Crippen MR) is 61.2 cm³/mol. The van der Waals surface area contributed by atoms with Crippen LogP contribution in [0, 0.1) is 6.92 Å². The van der Waals surface area contributed by atoms with Gasteiger partial charge in [0.15, 0.2) is 0 Å². The summed E-state index contributed by atoms with van der Waals surface area (Å²) in [7, 11) is 3.15. The lowest BCUT2D eigenvalue weighted by Gasteiger charge is -2.18. The molecule has 16 heavy (non-hydrogen) atoms. The number of hydrogen-bond acceptors (Lipinski definition) is 4. The van der Waals surface area contributed by atoms with E-state index >= 15 is 0 Å². The Bertz CT molecular complexity index is 345. The third-order valence-electron chi connectivity index (χ3n) is 2.63. The van der Waals surface area contributed by atoms with E-state index in [0.717, 1.165) is 16.9 Å². The predicted octanol–water partition coefficient (Wildman–Crippen LogP) is 1.08. The smallest absolute Gasteiger partial charge is 0.123 e. The number of hydrogen-bond donors (Lipinski definition) is 2. The minimum atomic E-state index is -0.343. The monoisotopic (exact) mass is 226 g/mol. The van der Waals surface area contributed by atoms with Crippen molar-refractivity contribution in [3.05, 3.63) is 23.3 Å². The number of ether oxygens (including phenoxy) is 2. The van der Waals surface area contributed by atoms with E-state index in [1.807, 2.05) is 13.0 Å². The van der Waals surface area contributed by atoms with Crippen molar-refractivity contribution < 1.29 is 19.7 Å². The van der Waals surface area contributed by atoms with Gasteiger partial charge < -0.3 is 19.7 Å². The largest absolute Gasteiger partial charge is 0.496 e. The number of aliphatic hydroxyl groups is 2. The molecule has 1 aromatic rings. The van der Waals surface area contributed by atoms with Gasteiger partial charge in [-0.2, -0.15) is 0 Å². The first-order chi connectivity index (χ1) is 7.67. The minimum Gasteiger partial charge on any atom is -0.496 e. The molecule has 0 spiro atoms. The van der Waals surface area contributed by atoms with Gasteiger partial charge in [-0.3, -0.25) is 0 Å². The highest BCUT2D eigenvalue weighted by Crippen LogP contribution is 2.33. The van der Waals surface area contributed by atoms with E-state index in [2.05, 4.69) is 0 Å². The molecule has 0 aliphatic carbocycles. The summed E-state index contributed by atoms with van der Waals surface area (Å²) in [6.45, 7) is 1.66. The van der Waals surface area contributed by atoms with Gasteiger partial charge in [0.05, 0.1) is 27.4 Å². The average molecular weight is 226 g/mol. The van der Waals surface area contributed by atoms with Crippen molar-refractivity contribution in [3.63, 3.8) is 0 Å². The van der Waals surface area contributed by atoms with Crippen LogP contribution in [0.5, 0.6) is 11.5 Å². The summed E-state index contributed by atoms with van der Waals surface area (Å²) in [4.78, 5) is 0. The molecule has 4 nitrogen and oxygen atoms in total. The van der Waals surface area contributed by atoms with Gasteiger partial charge in [0.2, 0.25) is 0 Å². The molecular weight excluding hydrogens is 208 g/mol. The fourth-order valence-electron chi connectivity index (χ4n) is 1.65. The standard InChI is InChI=1S/C12H18O4/c1-8-4-12(16-3)10(5-11(8)15-2)9(6-13)7-14/h4-5,9,13-14H,6-7H2,1-3H3. The van der Waals surface area contributed by atoms with Crippen LogP contribution in [0.15, 0.2) is 12.1 Å². The van der Waals surface area contributed by atoms with Gasteiger partial charge in [0.1, 0.15) is 11.5 Å². The van der Waals surface area contributed by atoms with Gasteiger partial charge in [0.25, 0.3) is 0 Å². The van der Waals surface area contributed by atoms with Crippen molar-refractivity contribution in [1.82, 2.24) is 0 Å². The van der Waals surface area contributed by atoms with E-state index in [1.165, 1.54) is 0 Å². The Kier molecular flexibility index (Phi) is 4.58. The van der Waals surface area contributed by atoms with Crippen molar-refractivity contribution >= 4 is 0 Å². The van der Waals surface area contributed by atoms with Crippen molar-refractivity contribution in [1.29, 1.82) is 0 Å². The molecule has 1 rings (SSSR count). The summed E-state index contributed by atoms with van der Waals surface area (Å²) in [5.74, 6) is 1.04. The molecule has 90 valence electrons. The lowest BCUT2D eigenvalue weighted by atomic mass is 9.98. The molecule has 0 saturated heterocycles. The molecule has 1 aromatic carbocycles. The Balaban J connectivity index is 3.23. The van der Waals surface area contributed by atoms with Gasteiger partial charge in [-0.15, -0.1) is 0 Å². The fourth-order valence-corrected chi connectivity index (χ4v) is 1.65. The number of methoxy groups -OCH3 is 2. The molecule has 0 unspecified atom stereocenters. The van der Waals surface area contributed by atoms with Crippen LogP contribution in [0.1, 0.15) is 17.0 Å². The maximum Gasteiger partial charge on any atom is 0.123 e. The average Bonchev–Trinajstić information content (AvgIpc) is 2.31. The van der Waals surface area contributed by atoms with Crippen LogP contribution in [0.4, 0.5) is 0 Å². The highest BCUT2D eigenvalue weighted by molar-refractivity contribution is 5.47. The highest BCUT2D eigenvalue weighted by Gasteiger charge is 2.17. The maximum absolute atomic E-state index is 9.18. The maximum atomic E-state index is 9.18. The van der Waals surface area contributed by atoms with Crippen LogP contribution in [0.3, 0.4) is 0 Å². The Labute approximate surface area is 95.4 Å². The molecule has 0 heterocycles.